The van der Waals surface area contributed by atoms with Crippen molar-refractivity contribution in [2.75, 3.05) is 0 Å². The van der Waals surface area contributed by atoms with E-state index in [2.05, 4.69) is 9.55 Å². The molecule has 0 saturated carbocycles. The molecule has 3 heterocycles. The third-order valence-corrected chi connectivity index (χ3v) is 5.37. The van der Waals surface area contributed by atoms with Crippen LogP contribution >= 0.6 is 0 Å². The zero-order valence-corrected chi connectivity index (χ0v) is 16.3. The minimum absolute atomic E-state index is 0.239. The van der Waals surface area contributed by atoms with Gasteiger partial charge in [0.15, 0.2) is 11.2 Å². The summed E-state index contributed by atoms with van der Waals surface area (Å²) in [6.07, 6.45) is 0. The van der Waals surface area contributed by atoms with Gasteiger partial charge in [-0.2, -0.15) is 4.98 Å². The molecular formula is C20H23N5O2. The van der Waals surface area contributed by atoms with Crippen LogP contribution in [0.2, 0.25) is 0 Å². The van der Waals surface area contributed by atoms with Crippen molar-refractivity contribution in [1.29, 1.82) is 0 Å². The topological polar surface area (TPSA) is 66.2 Å². The van der Waals surface area contributed by atoms with Gasteiger partial charge in [0.25, 0.3) is 5.56 Å². The monoisotopic (exact) mass is 365 g/mol. The van der Waals surface area contributed by atoms with Gasteiger partial charge in [-0.05, 0) is 33.3 Å². The van der Waals surface area contributed by atoms with Gasteiger partial charge in [0.2, 0.25) is 5.78 Å². The van der Waals surface area contributed by atoms with Crippen LogP contribution in [0.4, 0.5) is 0 Å². The number of nitrogens with zero attached hydrogens (tertiary/aromatic N) is 5. The Labute approximate surface area is 156 Å². The van der Waals surface area contributed by atoms with Crippen LogP contribution in [0.25, 0.3) is 16.9 Å². The zero-order valence-electron chi connectivity index (χ0n) is 16.3. The van der Waals surface area contributed by atoms with Crippen LogP contribution in [0.3, 0.4) is 0 Å². The molecule has 0 atom stereocenters. The SMILES string of the molecule is CCn1c(C)c(C)n2c3c(=O)n(Cc4cccc(C)c4)c(=O)n(C)c3nc12. The van der Waals surface area contributed by atoms with Crippen LogP contribution in [-0.2, 0) is 20.1 Å². The number of imidazole rings is 2. The van der Waals surface area contributed by atoms with E-state index in [4.69, 9.17) is 0 Å². The average molecular weight is 365 g/mol. The lowest BCUT2D eigenvalue weighted by atomic mass is 10.1. The van der Waals surface area contributed by atoms with E-state index in [9.17, 15) is 9.59 Å². The minimum Gasteiger partial charge on any atom is -0.314 e. The predicted molar refractivity (Wildman–Crippen MR) is 106 cm³/mol. The van der Waals surface area contributed by atoms with Crippen molar-refractivity contribution < 1.29 is 0 Å². The van der Waals surface area contributed by atoms with Gasteiger partial charge in [0, 0.05) is 25.0 Å². The quantitative estimate of drug-likeness (QED) is 0.559. The molecule has 4 rings (SSSR count). The molecule has 0 aliphatic rings. The Kier molecular flexibility index (Phi) is 3.83. The first kappa shape index (κ1) is 17.3. The van der Waals surface area contributed by atoms with Crippen LogP contribution in [0.5, 0.6) is 0 Å². The highest BCUT2D eigenvalue weighted by molar-refractivity contribution is 5.76. The highest BCUT2D eigenvalue weighted by Crippen LogP contribution is 2.20. The number of fused-ring (bicyclic) bond motifs is 3. The van der Waals surface area contributed by atoms with E-state index in [1.807, 2.05) is 56.4 Å². The summed E-state index contributed by atoms with van der Waals surface area (Å²) >= 11 is 0. The predicted octanol–water partition coefficient (Wildman–Crippen LogP) is 2.14. The van der Waals surface area contributed by atoms with Crippen LogP contribution < -0.4 is 11.2 Å². The molecule has 0 radical (unpaired) electrons. The van der Waals surface area contributed by atoms with Crippen molar-refractivity contribution in [3.8, 4) is 0 Å². The highest BCUT2D eigenvalue weighted by Gasteiger charge is 2.22. The van der Waals surface area contributed by atoms with Gasteiger partial charge in [0.1, 0.15) is 0 Å². The maximum absolute atomic E-state index is 13.3. The van der Waals surface area contributed by atoms with Crippen molar-refractivity contribution in [1.82, 2.24) is 23.1 Å². The Morgan fingerprint density at radius 2 is 1.78 bits per heavy atom. The molecule has 0 unspecified atom stereocenters. The first-order valence-electron chi connectivity index (χ1n) is 9.08. The van der Waals surface area contributed by atoms with E-state index < -0.39 is 0 Å². The molecule has 0 N–H and O–H groups in total. The third-order valence-electron chi connectivity index (χ3n) is 5.37. The first-order chi connectivity index (χ1) is 12.8. The Morgan fingerprint density at radius 3 is 2.44 bits per heavy atom. The Balaban J connectivity index is 2.08. The second-order valence-electron chi connectivity index (χ2n) is 7.06. The summed E-state index contributed by atoms with van der Waals surface area (Å²) in [5, 5.41) is 0. The number of aryl methyl sites for hydroxylation is 4. The van der Waals surface area contributed by atoms with Crippen LogP contribution in [0.1, 0.15) is 29.4 Å². The fourth-order valence-corrected chi connectivity index (χ4v) is 3.83. The summed E-state index contributed by atoms with van der Waals surface area (Å²) in [7, 11) is 1.67. The van der Waals surface area contributed by atoms with Gasteiger partial charge in [-0.15, -0.1) is 0 Å². The molecule has 0 aliphatic carbocycles. The maximum atomic E-state index is 13.3. The highest BCUT2D eigenvalue weighted by atomic mass is 16.2. The van der Waals surface area contributed by atoms with Gasteiger partial charge in [-0.1, -0.05) is 29.8 Å². The number of rotatable bonds is 3. The first-order valence-corrected chi connectivity index (χ1v) is 9.08. The van der Waals surface area contributed by atoms with E-state index in [1.54, 1.807) is 7.05 Å². The standard InChI is InChI=1S/C20H23N5O2/c1-6-23-13(3)14(4)25-16-17(21-19(23)25)22(5)20(27)24(18(16)26)11-15-9-7-8-12(2)10-15/h7-10H,6,11H2,1-5H3. The molecule has 0 bridgehead atoms. The molecule has 4 aromatic rings. The molecular weight excluding hydrogens is 342 g/mol. The van der Waals surface area contributed by atoms with Crippen molar-refractivity contribution in [3.63, 3.8) is 0 Å². The fraction of sp³-hybridized carbons (Fsp3) is 0.350. The molecule has 0 amide bonds. The van der Waals surface area contributed by atoms with Crippen LogP contribution in [0, 0.1) is 20.8 Å². The number of benzene rings is 1. The lowest BCUT2D eigenvalue weighted by Gasteiger charge is -2.09. The van der Waals surface area contributed by atoms with Crippen molar-refractivity contribution in [2.24, 2.45) is 7.05 Å². The summed E-state index contributed by atoms with van der Waals surface area (Å²) in [5.74, 6) is 0.697. The lowest BCUT2D eigenvalue weighted by molar-refractivity contribution is 0.656. The lowest BCUT2D eigenvalue weighted by Crippen LogP contribution is -2.39. The Hall–Kier alpha value is -3.09. The van der Waals surface area contributed by atoms with Gasteiger partial charge in [0.05, 0.1) is 6.54 Å². The second kappa shape index (κ2) is 5.97. The van der Waals surface area contributed by atoms with Crippen molar-refractivity contribution >= 4 is 16.9 Å². The van der Waals surface area contributed by atoms with Gasteiger partial charge in [-0.25, -0.2) is 4.79 Å². The summed E-state index contributed by atoms with van der Waals surface area (Å²) in [5.41, 5.74) is 4.27. The molecule has 7 heteroatoms. The minimum atomic E-state index is -0.354. The van der Waals surface area contributed by atoms with Crippen molar-refractivity contribution in [3.05, 3.63) is 67.6 Å². The summed E-state index contributed by atoms with van der Waals surface area (Å²) in [6.45, 7) is 9.02. The largest absolute Gasteiger partial charge is 0.332 e. The molecule has 7 nitrogen and oxygen atoms in total. The molecule has 140 valence electrons. The summed E-state index contributed by atoms with van der Waals surface area (Å²) in [4.78, 5) is 30.8. The number of hydrogen-bond donors (Lipinski definition) is 0. The molecule has 0 fully saturated rings. The molecule has 27 heavy (non-hydrogen) atoms. The maximum Gasteiger partial charge on any atom is 0.332 e. The normalized spacial score (nSPS) is 11.7. The van der Waals surface area contributed by atoms with E-state index in [0.717, 1.165) is 29.1 Å². The summed E-state index contributed by atoms with van der Waals surface area (Å²) < 4.78 is 6.70. The third kappa shape index (κ3) is 2.38. The summed E-state index contributed by atoms with van der Waals surface area (Å²) in [6, 6.07) is 7.85. The van der Waals surface area contributed by atoms with Crippen molar-refractivity contribution in [2.45, 2.75) is 40.8 Å². The molecule has 3 aromatic heterocycles. The molecule has 0 aliphatic heterocycles. The zero-order chi connectivity index (χ0) is 19.5. The van der Waals surface area contributed by atoms with Crippen LogP contribution in [-0.4, -0.2) is 23.1 Å². The van der Waals surface area contributed by atoms with Gasteiger partial charge < -0.3 is 4.57 Å². The van der Waals surface area contributed by atoms with E-state index >= 15 is 0 Å². The van der Waals surface area contributed by atoms with Gasteiger partial charge in [-0.3, -0.25) is 18.3 Å². The molecule has 1 aromatic carbocycles. The van der Waals surface area contributed by atoms with Crippen LogP contribution in [0.15, 0.2) is 33.9 Å². The number of hydrogen-bond acceptors (Lipinski definition) is 3. The van der Waals surface area contributed by atoms with E-state index in [1.165, 1.54) is 9.13 Å². The Morgan fingerprint density at radius 1 is 1.04 bits per heavy atom. The Bertz CT molecular complexity index is 1320. The molecule has 0 spiro atoms. The fourth-order valence-electron chi connectivity index (χ4n) is 3.83. The van der Waals surface area contributed by atoms with E-state index in [0.29, 0.717) is 16.9 Å². The molecule has 0 saturated heterocycles. The smallest absolute Gasteiger partial charge is 0.314 e. The second-order valence-corrected chi connectivity index (χ2v) is 7.06. The average Bonchev–Trinajstić information content (AvgIpc) is 3.13. The number of aromatic nitrogens is 5. The van der Waals surface area contributed by atoms with Gasteiger partial charge >= 0.3 is 5.69 Å². The van der Waals surface area contributed by atoms with E-state index in [-0.39, 0.29) is 17.8 Å².